The molecule has 0 amide bonds. The fraction of sp³-hybridized carbons (Fsp3) is 0. The Morgan fingerprint density at radius 2 is 0.408 bits per heavy atom. The topological polar surface area (TPSA) is 19.7 Å². The number of hydrogen-bond acceptors (Lipinski definition) is 0. The van der Waals surface area contributed by atoms with E-state index in [-0.39, 0.29) is 0 Å². The van der Waals surface area contributed by atoms with E-state index in [1.165, 1.54) is 229 Å². The lowest BCUT2D eigenvalue weighted by atomic mass is 9.90. The van der Waals surface area contributed by atoms with Crippen molar-refractivity contribution in [3.8, 4) is 67.3 Å². The van der Waals surface area contributed by atoms with Crippen molar-refractivity contribution >= 4 is 173 Å². The summed E-state index contributed by atoms with van der Waals surface area (Å²) in [5.41, 5.74) is 24.1. The largest absolute Gasteiger partial charge is 0.309 e. The smallest absolute Gasteiger partial charge is 0.0541 e. The van der Waals surface area contributed by atoms with Gasteiger partial charge in [-0.05, 0) is 241 Å². The first-order chi connectivity index (χ1) is 59.5. The second-order valence-electron chi connectivity index (χ2n) is 32.1. The minimum atomic E-state index is 1.15. The lowest BCUT2D eigenvalue weighted by Gasteiger charge is -2.15. The zero-order valence-corrected chi connectivity index (χ0v) is 65.4. The molecule has 0 saturated heterocycles. The number of nitrogens with zero attached hydrogens (tertiary/aromatic N) is 4. The first-order valence-electron chi connectivity index (χ1n) is 41.5. The fourth-order valence-corrected chi connectivity index (χ4v) is 20.3. The standard InChI is InChI=1S/2C58H36N2/c1-3-18-44-37(13-1)15-12-26-53(44)60-55-25-10-8-22-48(55)52-35-40(30-32-57(52)60)39-29-31-56-51(34-39)47-21-7-9-24-54(47)59(56)43-17-11-16-41(33-43)50-36-42-28-27-38-14-2-4-19-45(38)58(42)49-23-6-5-20-46(49)50;1-3-15-44-37(12-1)14-11-23-53(44)60-55-22-10-8-19-48(55)52-35-41(29-33-57(52)60)40-28-32-56-51(34-40)47-18-7-9-21-54(47)59(56)43-30-26-39(27-31-43)50-36-42-25-24-38-13-2-4-16-45(38)58(42)49-20-6-5-17-46(49)50/h2*1-36H. The molecule has 0 unspecified atom stereocenters. The molecule has 0 N–H and O–H groups in total. The van der Waals surface area contributed by atoms with Gasteiger partial charge in [-0.15, -0.1) is 0 Å². The van der Waals surface area contributed by atoms with Crippen molar-refractivity contribution in [3.05, 3.63) is 437 Å². The summed E-state index contributed by atoms with van der Waals surface area (Å²) in [6.07, 6.45) is 0. The van der Waals surface area contributed by atoms with Crippen LogP contribution < -0.4 is 0 Å². The molecule has 26 aromatic rings. The van der Waals surface area contributed by atoms with E-state index in [1.54, 1.807) is 0 Å². The molecule has 0 radical (unpaired) electrons. The van der Waals surface area contributed by atoms with Crippen molar-refractivity contribution < 1.29 is 0 Å². The summed E-state index contributed by atoms with van der Waals surface area (Å²) < 4.78 is 9.73. The molecular weight excluding hydrogens is 1450 g/mol. The van der Waals surface area contributed by atoms with Crippen LogP contribution in [0.5, 0.6) is 0 Å². The Morgan fingerprint density at radius 3 is 0.825 bits per heavy atom. The molecule has 0 fully saturated rings. The van der Waals surface area contributed by atoms with Gasteiger partial charge in [-0.2, -0.15) is 0 Å². The number of benzene rings is 22. The third-order valence-electron chi connectivity index (χ3n) is 25.7. The molecule has 4 nitrogen and oxygen atoms in total. The average Bonchev–Trinajstić information content (AvgIpc) is 1.66. The van der Waals surface area contributed by atoms with Gasteiger partial charge >= 0.3 is 0 Å². The normalized spacial score (nSPS) is 12.0. The van der Waals surface area contributed by atoms with Gasteiger partial charge in [0, 0.05) is 65.2 Å². The van der Waals surface area contributed by atoms with Crippen molar-refractivity contribution in [2.24, 2.45) is 0 Å². The third kappa shape index (κ3) is 10.4. The highest BCUT2D eigenvalue weighted by Gasteiger charge is 2.23. The first-order valence-corrected chi connectivity index (χ1v) is 41.5. The Kier molecular flexibility index (Phi) is 15.1. The maximum atomic E-state index is 2.44. The van der Waals surface area contributed by atoms with Gasteiger partial charge in [0.2, 0.25) is 0 Å². The zero-order valence-electron chi connectivity index (χ0n) is 65.4. The fourth-order valence-electron chi connectivity index (χ4n) is 20.3. The number of hydrogen-bond donors (Lipinski definition) is 0. The minimum Gasteiger partial charge on any atom is -0.309 e. The molecule has 0 atom stereocenters. The quantitative estimate of drug-likeness (QED) is 0.135. The van der Waals surface area contributed by atoms with Gasteiger partial charge < -0.3 is 18.3 Å². The summed E-state index contributed by atoms with van der Waals surface area (Å²) >= 11 is 0. The second-order valence-corrected chi connectivity index (χ2v) is 32.1. The maximum absolute atomic E-state index is 2.44. The van der Waals surface area contributed by atoms with Crippen LogP contribution in [0.4, 0.5) is 0 Å². The van der Waals surface area contributed by atoms with E-state index < -0.39 is 0 Å². The Balaban J connectivity index is 0.000000133. The summed E-state index contributed by atoms with van der Waals surface area (Å²) in [5, 5.41) is 30.4. The monoisotopic (exact) mass is 1520 g/mol. The van der Waals surface area contributed by atoms with Gasteiger partial charge in [0.15, 0.2) is 0 Å². The highest BCUT2D eigenvalue weighted by molar-refractivity contribution is 6.26. The zero-order chi connectivity index (χ0) is 78.6. The van der Waals surface area contributed by atoms with Gasteiger partial charge in [0.05, 0.1) is 55.5 Å². The van der Waals surface area contributed by atoms with Crippen molar-refractivity contribution in [3.63, 3.8) is 0 Å². The van der Waals surface area contributed by atoms with Crippen molar-refractivity contribution in [2.75, 3.05) is 0 Å². The molecule has 4 aromatic heterocycles. The van der Waals surface area contributed by atoms with E-state index >= 15 is 0 Å². The third-order valence-corrected chi connectivity index (χ3v) is 25.7. The van der Waals surface area contributed by atoms with E-state index in [4.69, 9.17) is 0 Å². The summed E-state index contributed by atoms with van der Waals surface area (Å²) in [6.45, 7) is 0. The van der Waals surface area contributed by atoms with Crippen LogP contribution in [0.15, 0.2) is 437 Å². The van der Waals surface area contributed by atoms with Gasteiger partial charge in [0.25, 0.3) is 0 Å². The minimum absolute atomic E-state index is 1.15. The molecule has 22 aromatic carbocycles. The Bertz CT molecular complexity index is 8790. The van der Waals surface area contributed by atoms with Crippen LogP contribution in [-0.4, -0.2) is 18.3 Å². The molecule has 0 spiro atoms. The van der Waals surface area contributed by atoms with Crippen LogP contribution >= 0.6 is 0 Å². The van der Waals surface area contributed by atoms with E-state index in [2.05, 4.69) is 455 Å². The molecule has 556 valence electrons. The molecule has 4 heterocycles. The molecule has 0 aliphatic heterocycles. The molecule has 26 rings (SSSR count). The van der Waals surface area contributed by atoms with Crippen LogP contribution in [0.1, 0.15) is 0 Å². The predicted molar refractivity (Wildman–Crippen MR) is 512 cm³/mol. The van der Waals surface area contributed by atoms with Crippen LogP contribution in [0.3, 0.4) is 0 Å². The van der Waals surface area contributed by atoms with Gasteiger partial charge in [0.1, 0.15) is 0 Å². The summed E-state index contributed by atoms with van der Waals surface area (Å²) in [6, 6.07) is 161. The summed E-state index contributed by atoms with van der Waals surface area (Å²) in [4.78, 5) is 0. The van der Waals surface area contributed by atoms with Gasteiger partial charge in [-0.1, -0.05) is 315 Å². The van der Waals surface area contributed by atoms with Gasteiger partial charge in [-0.25, -0.2) is 0 Å². The molecule has 0 saturated carbocycles. The van der Waals surface area contributed by atoms with Crippen molar-refractivity contribution in [2.45, 2.75) is 0 Å². The Morgan fingerprint density at radius 1 is 0.125 bits per heavy atom. The summed E-state index contributed by atoms with van der Waals surface area (Å²) in [5.74, 6) is 0. The van der Waals surface area contributed by atoms with E-state index in [0.717, 1.165) is 11.4 Å². The average molecular weight is 1520 g/mol. The maximum Gasteiger partial charge on any atom is 0.0541 e. The highest BCUT2D eigenvalue weighted by atomic mass is 15.0. The van der Waals surface area contributed by atoms with Crippen LogP contribution in [0, 0.1) is 0 Å². The molecule has 0 bridgehead atoms. The van der Waals surface area contributed by atoms with Crippen LogP contribution in [-0.2, 0) is 0 Å². The van der Waals surface area contributed by atoms with Crippen LogP contribution in [0.25, 0.3) is 241 Å². The lowest BCUT2D eigenvalue weighted by Crippen LogP contribution is -1.95. The lowest BCUT2D eigenvalue weighted by molar-refractivity contribution is 1.18. The molecule has 120 heavy (non-hydrogen) atoms. The number of rotatable bonds is 8. The summed E-state index contributed by atoms with van der Waals surface area (Å²) in [7, 11) is 0. The Hall–Kier alpha value is -15.9. The van der Waals surface area contributed by atoms with E-state index in [0.29, 0.717) is 0 Å². The first kappa shape index (κ1) is 67.5. The van der Waals surface area contributed by atoms with E-state index in [1.807, 2.05) is 0 Å². The van der Waals surface area contributed by atoms with Crippen molar-refractivity contribution in [1.82, 2.24) is 18.3 Å². The Labute approximate surface area is 691 Å². The molecular formula is C116H72N4. The highest BCUT2D eigenvalue weighted by Crippen LogP contribution is 2.47. The number of para-hydroxylation sites is 4. The molecule has 4 heteroatoms. The second kappa shape index (κ2) is 26.9. The van der Waals surface area contributed by atoms with Crippen LogP contribution in [0.2, 0.25) is 0 Å². The molecule has 0 aliphatic carbocycles. The van der Waals surface area contributed by atoms with E-state index in [9.17, 15) is 0 Å². The van der Waals surface area contributed by atoms with Gasteiger partial charge in [-0.3, -0.25) is 0 Å². The number of aromatic nitrogens is 4. The SMILES string of the molecule is c1cc(-c2cc3ccc4ccccc4c3c3ccccc23)cc(-n2c3ccccc3c3cc(-c4ccc5c(c4)c4ccccc4n5-c4cccc5ccccc45)ccc32)c1.c1ccc2c(-n3c4ccccc4c4cc(-c5ccc6c(c5)c5ccccc5n6-c5ccc(-c6cc7ccc8ccccc8c7c7ccccc67)cc5)ccc43)cccc2c1. The number of fused-ring (bicyclic) bond motifs is 24. The van der Waals surface area contributed by atoms with Crippen molar-refractivity contribution in [1.29, 1.82) is 0 Å². The predicted octanol–water partition coefficient (Wildman–Crippen LogP) is 31.7. The molecule has 0 aliphatic rings.